The molecule has 1 aliphatic carbocycles. The van der Waals surface area contributed by atoms with Gasteiger partial charge in [-0.15, -0.1) is 0 Å². The largest absolute Gasteiger partial charge is 0.365 e. The van der Waals surface area contributed by atoms with Crippen molar-refractivity contribution >= 4 is 5.82 Å². The van der Waals surface area contributed by atoms with E-state index in [1.54, 1.807) is 0 Å². The third-order valence-corrected chi connectivity index (χ3v) is 3.02. The number of halogens is 1. The first-order valence-corrected chi connectivity index (χ1v) is 5.44. The van der Waals surface area contributed by atoms with E-state index in [4.69, 9.17) is 0 Å². The summed E-state index contributed by atoms with van der Waals surface area (Å²) < 4.78 is 12.9. The Labute approximate surface area is 89.1 Å². The van der Waals surface area contributed by atoms with Gasteiger partial charge in [-0.05, 0) is 19.8 Å². The van der Waals surface area contributed by atoms with E-state index in [0.29, 0.717) is 5.82 Å². The molecular weight excluding hydrogens is 193 g/mol. The third-order valence-electron chi connectivity index (χ3n) is 3.02. The standard InChI is InChI=1S/C11H16FN3/c1-11(5-3-2-4-6-11)15-10-7-9(12)13-8-14-10/h7-8H,2-6H2,1H3,(H,13,14,15). The Kier molecular flexibility index (Phi) is 2.84. The first-order chi connectivity index (χ1) is 7.18. The van der Waals surface area contributed by atoms with Crippen molar-refractivity contribution in [2.24, 2.45) is 0 Å². The van der Waals surface area contributed by atoms with Gasteiger partial charge in [-0.3, -0.25) is 0 Å². The molecule has 0 spiro atoms. The maximum atomic E-state index is 12.9. The molecule has 1 heterocycles. The maximum absolute atomic E-state index is 12.9. The molecule has 0 bridgehead atoms. The van der Waals surface area contributed by atoms with Crippen molar-refractivity contribution in [2.45, 2.75) is 44.6 Å². The van der Waals surface area contributed by atoms with Crippen LogP contribution in [-0.2, 0) is 0 Å². The summed E-state index contributed by atoms with van der Waals surface area (Å²) in [7, 11) is 0. The molecule has 1 fully saturated rings. The average molecular weight is 209 g/mol. The molecular formula is C11H16FN3. The summed E-state index contributed by atoms with van der Waals surface area (Å²) >= 11 is 0. The second-order valence-corrected chi connectivity index (χ2v) is 4.47. The zero-order chi connectivity index (χ0) is 10.7. The Bertz CT molecular complexity index is 334. The molecule has 4 heteroatoms. The first kappa shape index (κ1) is 10.3. The molecule has 1 aromatic heterocycles. The zero-order valence-corrected chi connectivity index (χ0v) is 8.96. The first-order valence-electron chi connectivity index (χ1n) is 5.44. The lowest BCUT2D eigenvalue weighted by Gasteiger charge is -2.34. The molecule has 0 aliphatic heterocycles. The van der Waals surface area contributed by atoms with E-state index in [1.165, 1.54) is 31.7 Å². The molecule has 0 saturated heterocycles. The summed E-state index contributed by atoms with van der Waals surface area (Å²) in [6, 6.07) is 1.35. The number of hydrogen-bond donors (Lipinski definition) is 1. The van der Waals surface area contributed by atoms with E-state index in [1.807, 2.05) is 0 Å². The Morgan fingerprint density at radius 1 is 1.27 bits per heavy atom. The van der Waals surface area contributed by atoms with Crippen molar-refractivity contribution in [3.8, 4) is 0 Å². The van der Waals surface area contributed by atoms with Crippen LogP contribution in [0, 0.1) is 5.95 Å². The van der Waals surface area contributed by atoms with Crippen LogP contribution >= 0.6 is 0 Å². The highest BCUT2D eigenvalue weighted by Crippen LogP contribution is 2.30. The highest BCUT2D eigenvalue weighted by atomic mass is 19.1. The molecule has 1 N–H and O–H groups in total. The maximum Gasteiger partial charge on any atom is 0.217 e. The third kappa shape index (κ3) is 2.64. The van der Waals surface area contributed by atoms with Gasteiger partial charge in [0.2, 0.25) is 5.95 Å². The van der Waals surface area contributed by atoms with Crippen LogP contribution in [0.5, 0.6) is 0 Å². The minimum atomic E-state index is -0.480. The fourth-order valence-corrected chi connectivity index (χ4v) is 2.17. The summed E-state index contributed by atoms with van der Waals surface area (Å²) in [6.45, 7) is 2.17. The quantitative estimate of drug-likeness (QED) is 0.761. The van der Waals surface area contributed by atoms with Crippen LogP contribution in [0.4, 0.5) is 10.2 Å². The number of aromatic nitrogens is 2. The van der Waals surface area contributed by atoms with Crippen LogP contribution in [0.25, 0.3) is 0 Å². The van der Waals surface area contributed by atoms with E-state index in [9.17, 15) is 4.39 Å². The Hall–Kier alpha value is -1.19. The highest BCUT2D eigenvalue weighted by molar-refractivity contribution is 5.35. The summed E-state index contributed by atoms with van der Waals surface area (Å²) in [5, 5.41) is 3.31. The molecule has 0 atom stereocenters. The lowest BCUT2D eigenvalue weighted by Crippen LogP contribution is -2.37. The SMILES string of the molecule is CC1(Nc2cc(F)ncn2)CCCCC1. The van der Waals surface area contributed by atoms with Gasteiger partial charge in [0.15, 0.2) is 0 Å². The van der Waals surface area contributed by atoms with Gasteiger partial charge < -0.3 is 5.32 Å². The van der Waals surface area contributed by atoms with Gasteiger partial charge in [-0.1, -0.05) is 19.3 Å². The van der Waals surface area contributed by atoms with Crippen LogP contribution in [0.15, 0.2) is 12.4 Å². The second kappa shape index (κ2) is 4.13. The van der Waals surface area contributed by atoms with Gasteiger partial charge in [0.25, 0.3) is 0 Å². The molecule has 0 amide bonds. The Morgan fingerprint density at radius 3 is 2.67 bits per heavy atom. The number of nitrogens with zero attached hydrogens (tertiary/aromatic N) is 2. The van der Waals surface area contributed by atoms with Gasteiger partial charge in [0, 0.05) is 11.6 Å². The van der Waals surface area contributed by atoms with Crippen molar-refractivity contribution in [2.75, 3.05) is 5.32 Å². The van der Waals surface area contributed by atoms with Crippen molar-refractivity contribution in [1.82, 2.24) is 9.97 Å². The lowest BCUT2D eigenvalue weighted by atomic mass is 9.83. The van der Waals surface area contributed by atoms with Crippen molar-refractivity contribution < 1.29 is 4.39 Å². The Morgan fingerprint density at radius 2 is 2.00 bits per heavy atom. The Balaban J connectivity index is 2.06. The van der Waals surface area contributed by atoms with Gasteiger partial charge in [-0.25, -0.2) is 9.97 Å². The number of rotatable bonds is 2. The topological polar surface area (TPSA) is 37.8 Å². The smallest absolute Gasteiger partial charge is 0.217 e. The normalized spacial score (nSPS) is 19.9. The molecule has 15 heavy (non-hydrogen) atoms. The summed E-state index contributed by atoms with van der Waals surface area (Å²) in [4.78, 5) is 7.45. The highest BCUT2D eigenvalue weighted by Gasteiger charge is 2.26. The van der Waals surface area contributed by atoms with Crippen LogP contribution in [0.3, 0.4) is 0 Å². The summed E-state index contributed by atoms with van der Waals surface area (Å²) in [6.07, 6.45) is 7.27. The fraction of sp³-hybridized carbons (Fsp3) is 0.636. The molecule has 1 saturated carbocycles. The second-order valence-electron chi connectivity index (χ2n) is 4.47. The summed E-state index contributed by atoms with van der Waals surface area (Å²) in [5.74, 6) is 0.110. The predicted octanol–water partition coefficient (Wildman–Crippen LogP) is 2.75. The number of anilines is 1. The molecule has 3 nitrogen and oxygen atoms in total. The lowest BCUT2D eigenvalue weighted by molar-refractivity contribution is 0.348. The predicted molar refractivity (Wildman–Crippen MR) is 57.1 cm³/mol. The van der Waals surface area contributed by atoms with E-state index in [2.05, 4.69) is 22.2 Å². The molecule has 0 radical (unpaired) electrons. The molecule has 0 aromatic carbocycles. The van der Waals surface area contributed by atoms with Gasteiger partial charge in [-0.2, -0.15) is 4.39 Å². The molecule has 1 aliphatic rings. The van der Waals surface area contributed by atoms with E-state index >= 15 is 0 Å². The molecule has 2 rings (SSSR count). The van der Waals surface area contributed by atoms with Crippen LogP contribution in [0.2, 0.25) is 0 Å². The molecule has 0 unspecified atom stereocenters. The van der Waals surface area contributed by atoms with E-state index in [0.717, 1.165) is 12.8 Å². The van der Waals surface area contributed by atoms with Crippen molar-refractivity contribution in [3.05, 3.63) is 18.3 Å². The average Bonchev–Trinajstić information content (AvgIpc) is 2.18. The van der Waals surface area contributed by atoms with Crippen LogP contribution in [0.1, 0.15) is 39.0 Å². The molecule has 1 aromatic rings. The van der Waals surface area contributed by atoms with Gasteiger partial charge >= 0.3 is 0 Å². The van der Waals surface area contributed by atoms with Gasteiger partial charge in [0.05, 0.1) is 0 Å². The summed E-state index contributed by atoms with van der Waals surface area (Å²) in [5.41, 5.74) is 0.0685. The monoisotopic (exact) mass is 209 g/mol. The minimum Gasteiger partial charge on any atom is -0.365 e. The molecule has 82 valence electrons. The number of nitrogens with one attached hydrogen (secondary N) is 1. The van der Waals surface area contributed by atoms with Gasteiger partial charge in [0.1, 0.15) is 12.1 Å². The van der Waals surface area contributed by atoms with Crippen molar-refractivity contribution in [3.63, 3.8) is 0 Å². The van der Waals surface area contributed by atoms with E-state index in [-0.39, 0.29) is 5.54 Å². The van der Waals surface area contributed by atoms with Crippen molar-refractivity contribution in [1.29, 1.82) is 0 Å². The van der Waals surface area contributed by atoms with Crippen LogP contribution < -0.4 is 5.32 Å². The zero-order valence-electron chi connectivity index (χ0n) is 8.96. The van der Waals surface area contributed by atoms with E-state index < -0.39 is 5.95 Å². The minimum absolute atomic E-state index is 0.0685. The van der Waals surface area contributed by atoms with Crippen LogP contribution in [-0.4, -0.2) is 15.5 Å². The fourth-order valence-electron chi connectivity index (χ4n) is 2.17. The number of hydrogen-bond acceptors (Lipinski definition) is 3.